The molecule has 0 fully saturated rings. The Balaban J connectivity index is 1.02. The summed E-state index contributed by atoms with van der Waals surface area (Å²) in [4.78, 5) is 5.35. The van der Waals surface area contributed by atoms with Crippen molar-refractivity contribution in [2.45, 2.75) is 52.4 Å². The van der Waals surface area contributed by atoms with E-state index in [1.165, 1.54) is 110 Å². The SMILES string of the molecule is CC(C)(C)c1cc(-c2ccccc2)c(N2c3cc(-c4ccc5cc6ccccc6cc5c4)ccc3B3c4ccc(-n5c6ccccc6c6ccccc65)cc4N(c4c(-c5ccccc5)cc(C(C)(C)C)cc4-c4ccccc4)c4cccc2c43)c(-c2ccccc2)c1. The molecule has 0 amide bonds. The van der Waals surface area contributed by atoms with Crippen molar-refractivity contribution in [3.05, 3.63) is 314 Å². The van der Waals surface area contributed by atoms with E-state index in [9.17, 15) is 0 Å². The fourth-order valence-corrected chi connectivity index (χ4v) is 15.0. The molecule has 0 bridgehead atoms. The van der Waals surface area contributed by atoms with Crippen LogP contribution < -0.4 is 26.2 Å². The number of anilines is 6. The van der Waals surface area contributed by atoms with Crippen LogP contribution in [0.15, 0.2) is 303 Å². The lowest BCUT2D eigenvalue weighted by Gasteiger charge is -2.46. The monoisotopic (exact) mass is 1180 g/mol. The molecule has 15 aromatic rings. The van der Waals surface area contributed by atoms with Crippen LogP contribution >= 0.6 is 0 Å². The lowest BCUT2D eigenvalue weighted by molar-refractivity contribution is 0.590. The number of benzene rings is 14. The highest BCUT2D eigenvalue weighted by Gasteiger charge is 2.45. The van der Waals surface area contributed by atoms with Crippen LogP contribution in [0, 0.1) is 0 Å². The average molecular weight is 1180 g/mol. The predicted molar refractivity (Wildman–Crippen MR) is 394 cm³/mol. The van der Waals surface area contributed by atoms with Crippen LogP contribution in [0.2, 0.25) is 0 Å². The molecular weight excluding hydrogens is 1110 g/mol. The van der Waals surface area contributed by atoms with E-state index in [4.69, 9.17) is 0 Å². The minimum Gasteiger partial charge on any atom is -0.310 e. The quantitative estimate of drug-likeness (QED) is 0.111. The van der Waals surface area contributed by atoms with Crippen LogP contribution in [-0.4, -0.2) is 11.3 Å². The second-order valence-corrected chi connectivity index (χ2v) is 27.3. The van der Waals surface area contributed by atoms with E-state index in [1.54, 1.807) is 0 Å². The molecule has 0 spiro atoms. The van der Waals surface area contributed by atoms with Gasteiger partial charge in [-0.2, -0.15) is 0 Å². The Labute approximate surface area is 539 Å². The molecule has 0 N–H and O–H groups in total. The first-order chi connectivity index (χ1) is 44.9. The van der Waals surface area contributed by atoms with Gasteiger partial charge in [-0.3, -0.25) is 0 Å². The standard InChI is InChI=1S/C88H68BN3/c1-87(2,3)67-52-72(57-26-11-7-12-27-57)85(73(53-67)58-28-13-8-14-29-58)91-80-40-25-41-81-84(80)89(76-46-44-65(51-82(76)91)63-42-43-64-48-61-34-19-20-35-62(61)49-66(64)50-63)77-47-45-69(90-78-38-23-21-36-70(78)71-37-22-24-39-79(71)90)56-83(77)92(81)86-74(59-30-15-9-16-31-59)54-68(88(4,5)6)55-75(86)60-32-17-10-18-33-60/h7-56H,1-6H3. The zero-order chi connectivity index (χ0) is 62.0. The molecule has 438 valence electrons. The van der Waals surface area contributed by atoms with E-state index in [0.29, 0.717) is 0 Å². The molecule has 14 aromatic carbocycles. The van der Waals surface area contributed by atoms with Crippen molar-refractivity contribution in [3.8, 4) is 61.3 Å². The lowest BCUT2D eigenvalue weighted by Crippen LogP contribution is -2.61. The van der Waals surface area contributed by atoms with Crippen LogP contribution in [0.1, 0.15) is 52.7 Å². The highest BCUT2D eigenvalue weighted by atomic mass is 15.2. The molecule has 1 aromatic heterocycles. The molecule has 0 unspecified atom stereocenters. The number of hydrogen-bond donors (Lipinski definition) is 0. The Morgan fingerprint density at radius 2 is 0.652 bits per heavy atom. The first kappa shape index (κ1) is 55.2. The molecule has 2 aliphatic rings. The summed E-state index contributed by atoms with van der Waals surface area (Å²) in [5, 5.41) is 7.42. The molecule has 0 aliphatic carbocycles. The smallest absolute Gasteiger partial charge is 0.252 e. The molecule has 0 radical (unpaired) electrons. The molecule has 4 heteroatoms. The fraction of sp³-hybridized carbons (Fsp3) is 0.0909. The number of aromatic nitrogens is 1. The van der Waals surface area contributed by atoms with E-state index >= 15 is 0 Å². The second-order valence-electron chi connectivity index (χ2n) is 27.3. The van der Waals surface area contributed by atoms with Gasteiger partial charge in [-0.25, -0.2) is 0 Å². The Hall–Kier alpha value is -10.9. The van der Waals surface area contributed by atoms with Crippen LogP contribution in [-0.2, 0) is 10.8 Å². The summed E-state index contributed by atoms with van der Waals surface area (Å²) in [5.41, 5.74) is 28.1. The van der Waals surface area contributed by atoms with Crippen molar-refractivity contribution < 1.29 is 0 Å². The maximum atomic E-state index is 2.67. The van der Waals surface area contributed by atoms with Gasteiger partial charge in [0.05, 0.1) is 22.4 Å². The average Bonchev–Trinajstić information content (AvgIpc) is 0.701. The van der Waals surface area contributed by atoms with E-state index in [2.05, 4.69) is 359 Å². The van der Waals surface area contributed by atoms with Crippen molar-refractivity contribution in [2.75, 3.05) is 9.80 Å². The number of nitrogens with zero attached hydrogens (tertiary/aromatic N) is 3. The van der Waals surface area contributed by atoms with Gasteiger partial charge in [0, 0.05) is 61.5 Å². The zero-order valence-electron chi connectivity index (χ0n) is 52.8. The zero-order valence-corrected chi connectivity index (χ0v) is 52.8. The van der Waals surface area contributed by atoms with E-state index in [0.717, 1.165) is 56.5 Å². The van der Waals surface area contributed by atoms with Crippen LogP contribution in [0.3, 0.4) is 0 Å². The summed E-state index contributed by atoms with van der Waals surface area (Å²) in [6, 6.07) is 115. The Bertz CT molecular complexity index is 5250. The first-order valence-corrected chi connectivity index (χ1v) is 32.4. The molecule has 2 aliphatic heterocycles. The molecule has 92 heavy (non-hydrogen) atoms. The van der Waals surface area contributed by atoms with E-state index in [1.807, 2.05) is 0 Å². The third kappa shape index (κ3) is 9.02. The number of fused-ring (bicyclic) bond motifs is 9. The molecule has 3 nitrogen and oxygen atoms in total. The van der Waals surface area contributed by atoms with Gasteiger partial charge in [-0.05, 0) is 178 Å². The summed E-state index contributed by atoms with van der Waals surface area (Å²) in [7, 11) is 0. The van der Waals surface area contributed by atoms with Gasteiger partial charge >= 0.3 is 0 Å². The minimum atomic E-state index is -0.175. The first-order valence-electron chi connectivity index (χ1n) is 32.4. The van der Waals surface area contributed by atoms with Crippen LogP contribution in [0.4, 0.5) is 34.1 Å². The van der Waals surface area contributed by atoms with Gasteiger partial charge in [0.1, 0.15) is 0 Å². The largest absolute Gasteiger partial charge is 0.310 e. The maximum Gasteiger partial charge on any atom is 0.252 e. The molecule has 0 atom stereocenters. The Kier molecular flexibility index (Phi) is 12.8. The predicted octanol–water partition coefficient (Wildman–Crippen LogP) is 22.1. The highest BCUT2D eigenvalue weighted by molar-refractivity contribution is 7.00. The van der Waals surface area contributed by atoms with Gasteiger partial charge in [0.2, 0.25) is 0 Å². The third-order valence-corrected chi connectivity index (χ3v) is 19.6. The molecule has 0 saturated heterocycles. The van der Waals surface area contributed by atoms with Gasteiger partial charge in [0.25, 0.3) is 6.71 Å². The number of para-hydroxylation sites is 2. The topological polar surface area (TPSA) is 11.4 Å². The molecule has 17 rings (SSSR count). The van der Waals surface area contributed by atoms with Gasteiger partial charge in [-0.15, -0.1) is 0 Å². The lowest BCUT2D eigenvalue weighted by atomic mass is 9.33. The summed E-state index contributed by atoms with van der Waals surface area (Å²) < 4.78 is 2.49. The molecule has 3 heterocycles. The minimum absolute atomic E-state index is 0.158. The van der Waals surface area contributed by atoms with Crippen molar-refractivity contribution in [1.29, 1.82) is 0 Å². The van der Waals surface area contributed by atoms with Crippen molar-refractivity contribution in [1.82, 2.24) is 4.57 Å². The van der Waals surface area contributed by atoms with Gasteiger partial charge < -0.3 is 14.4 Å². The van der Waals surface area contributed by atoms with Crippen molar-refractivity contribution in [2.24, 2.45) is 0 Å². The van der Waals surface area contributed by atoms with Gasteiger partial charge in [-0.1, -0.05) is 260 Å². The molecule has 0 saturated carbocycles. The van der Waals surface area contributed by atoms with Crippen molar-refractivity contribution in [3.63, 3.8) is 0 Å². The summed E-state index contributed by atoms with van der Waals surface area (Å²) >= 11 is 0. The second kappa shape index (κ2) is 21.4. The Morgan fingerprint density at radius 1 is 0.272 bits per heavy atom. The summed E-state index contributed by atoms with van der Waals surface area (Å²) in [6.07, 6.45) is 0. The van der Waals surface area contributed by atoms with E-state index < -0.39 is 0 Å². The van der Waals surface area contributed by atoms with E-state index in [-0.39, 0.29) is 17.5 Å². The third-order valence-electron chi connectivity index (χ3n) is 19.6. The summed E-state index contributed by atoms with van der Waals surface area (Å²) in [6.45, 7) is 13.9. The normalized spacial score (nSPS) is 12.8. The van der Waals surface area contributed by atoms with Crippen molar-refractivity contribution >= 4 is 101 Å². The number of hydrogen-bond acceptors (Lipinski definition) is 2. The molecular formula is C88H68BN3. The number of rotatable bonds is 8. The van der Waals surface area contributed by atoms with Gasteiger partial charge in [0.15, 0.2) is 0 Å². The Morgan fingerprint density at radius 3 is 1.12 bits per heavy atom. The summed E-state index contributed by atoms with van der Waals surface area (Å²) in [5.74, 6) is 0. The van der Waals surface area contributed by atoms with Crippen LogP contribution in [0.5, 0.6) is 0 Å². The fourth-order valence-electron chi connectivity index (χ4n) is 15.0. The maximum absolute atomic E-state index is 2.67. The highest BCUT2D eigenvalue weighted by Crippen LogP contribution is 2.55. The van der Waals surface area contributed by atoms with Crippen LogP contribution in [0.25, 0.3) is 105 Å².